The van der Waals surface area contributed by atoms with E-state index in [9.17, 15) is 0 Å². The van der Waals surface area contributed by atoms with E-state index in [0.717, 1.165) is 30.0 Å². The monoisotopic (exact) mass is 301 g/mol. The van der Waals surface area contributed by atoms with Crippen LogP contribution in [0.25, 0.3) is 0 Å². The zero-order valence-electron chi connectivity index (χ0n) is 13.5. The van der Waals surface area contributed by atoms with Gasteiger partial charge in [-0.3, -0.25) is 0 Å². The van der Waals surface area contributed by atoms with E-state index in [4.69, 9.17) is 20.0 Å². The Morgan fingerprint density at radius 1 is 1.18 bits per heavy atom. The molecule has 1 aromatic carbocycles. The third-order valence-corrected chi connectivity index (χ3v) is 3.55. The van der Waals surface area contributed by atoms with Crippen LogP contribution in [-0.4, -0.2) is 39.3 Å². The highest BCUT2D eigenvalue weighted by atomic mass is 16.5. The van der Waals surface area contributed by atoms with E-state index in [1.807, 2.05) is 25.2 Å². The fraction of sp³-hybridized carbons (Fsp3) is 0.529. The number of methoxy groups -OCH3 is 2. The molecule has 0 saturated carbocycles. The maximum atomic E-state index is 9.10. The van der Waals surface area contributed by atoms with Crippen LogP contribution in [0.2, 0.25) is 0 Å². The van der Waals surface area contributed by atoms with E-state index in [1.54, 1.807) is 14.2 Å². The third-order valence-electron chi connectivity index (χ3n) is 3.55. The molecule has 1 rings (SSSR count). The number of hydrogen-bond donors (Lipinski definition) is 0. The van der Waals surface area contributed by atoms with Crippen LogP contribution in [0.15, 0.2) is 18.2 Å². The van der Waals surface area contributed by atoms with Crippen LogP contribution in [-0.2, 0) is 6.42 Å². The van der Waals surface area contributed by atoms with Gasteiger partial charge in [-0.05, 0) is 37.6 Å². The summed E-state index contributed by atoms with van der Waals surface area (Å²) < 4.78 is 10.5. The molecule has 1 atom stereocenters. The molecular weight excluding hydrogens is 278 g/mol. The van der Waals surface area contributed by atoms with Gasteiger partial charge in [-0.1, -0.05) is 6.07 Å². The summed E-state index contributed by atoms with van der Waals surface area (Å²) in [6, 6.07) is 10.3. The highest BCUT2D eigenvalue weighted by molar-refractivity contribution is 5.42. The second-order valence-electron chi connectivity index (χ2n) is 5.22. The summed E-state index contributed by atoms with van der Waals surface area (Å²) in [4.78, 5) is 2.13. The highest BCUT2D eigenvalue weighted by Crippen LogP contribution is 2.27. The molecular formula is C17H23N3O2. The van der Waals surface area contributed by atoms with Gasteiger partial charge >= 0.3 is 0 Å². The Morgan fingerprint density at radius 3 is 2.50 bits per heavy atom. The molecule has 1 unspecified atom stereocenters. The van der Waals surface area contributed by atoms with Gasteiger partial charge in [-0.2, -0.15) is 10.5 Å². The number of nitrogens with zero attached hydrogens (tertiary/aromatic N) is 3. The molecule has 0 bridgehead atoms. The van der Waals surface area contributed by atoms with Crippen molar-refractivity contribution in [3.63, 3.8) is 0 Å². The minimum absolute atomic E-state index is 0.0879. The molecule has 118 valence electrons. The fourth-order valence-corrected chi connectivity index (χ4v) is 2.26. The molecule has 0 aliphatic rings. The third kappa shape index (κ3) is 5.63. The number of ether oxygens (including phenoxy) is 2. The summed E-state index contributed by atoms with van der Waals surface area (Å²) >= 11 is 0. The van der Waals surface area contributed by atoms with Gasteiger partial charge in [-0.25, -0.2) is 0 Å². The summed E-state index contributed by atoms with van der Waals surface area (Å²) in [5.41, 5.74) is 1.16. The maximum Gasteiger partial charge on any atom is 0.160 e. The Kier molecular flexibility index (Phi) is 7.81. The van der Waals surface area contributed by atoms with E-state index in [-0.39, 0.29) is 5.92 Å². The first-order valence-electron chi connectivity index (χ1n) is 7.30. The van der Waals surface area contributed by atoms with Gasteiger partial charge in [-0.15, -0.1) is 0 Å². The molecule has 0 aliphatic carbocycles. The average molecular weight is 301 g/mol. The van der Waals surface area contributed by atoms with Crippen LogP contribution >= 0.6 is 0 Å². The van der Waals surface area contributed by atoms with Crippen LogP contribution in [0.4, 0.5) is 0 Å². The molecule has 0 saturated heterocycles. The molecule has 0 N–H and O–H groups in total. The Balaban J connectivity index is 2.52. The van der Waals surface area contributed by atoms with E-state index < -0.39 is 0 Å². The first kappa shape index (κ1) is 17.8. The van der Waals surface area contributed by atoms with Crippen molar-refractivity contribution in [3.8, 4) is 23.6 Å². The van der Waals surface area contributed by atoms with Crippen molar-refractivity contribution in [1.29, 1.82) is 10.5 Å². The largest absolute Gasteiger partial charge is 0.493 e. The maximum absolute atomic E-state index is 9.10. The first-order valence-corrected chi connectivity index (χ1v) is 7.30. The number of likely N-dealkylation sites (N-methyl/N-ethyl adjacent to an activating group) is 1. The quantitative estimate of drug-likeness (QED) is 0.701. The number of nitriles is 2. The smallest absolute Gasteiger partial charge is 0.160 e. The molecule has 0 aliphatic heterocycles. The lowest BCUT2D eigenvalue weighted by Crippen LogP contribution is -2.27. The zero-order chi connectivity index (χ0) is 16.4. The molecule has 22 heavy (non-hydrogen) atoms. The number of rotatable bonds is 9. The molecule has 0 amide bonds. The van der Waals surface area contributed by atoms with Gasteiger partial charge in [0.2, 0.25) is 0 Å². The lowest BCUT2D eigenvalue weighted by molar-refractivity contribution is 0.300. The van der Waals surface area contributed by atoms with Crippen LogP contribution in [0, 0.1) is 28.6 Å². The van der Waals surface area contributed by atoms with Crippen LogP contribution in [0.5, 0.6) is 11.5 Å². The molecule has 0 aromatic heterocycles. The van der Waals surface area contributed by atoms with Gasteiger partial charge in [0.05, 0.1) is 32.3 Å². The summed E-state index contributed by atoms with van der Waals surface area (Å²) in [6.07, 6.45) is 1.93. The van der Waals surface area contributed by atoms with Gasteiger partial charge in [0.15, 0.2) is 11.5 Å². The van der Waals surface area contributed by atoms with E-state index >= 15 is 0 Å². The van der Waals surface area contributed by atoms with Crippen molar-refractivity contribution in [2.45, 2.75) is 19.3 Å². The number of benzene rings is 1. The Bertz CT molecular complexity index is 546. The van der Waals surface area contributed by atoms with Crippen molar-refractivity contribution in [2.75, 3.05) is 34.4 Å². The lowest BCUT2D eigenvalue weighted by atomic mass is 10.0. The van der Waals surface area contributed by atoms with Crippen molar-refractivity contribution >= 4 is 0 Å². The standard InChI is InChI=1S/C17H23N3O2/c1-20(13-15(12-19)5-4-9-18)10-8-14-6-7-16(21-2)17(11-14)22-3/h6-7,11,15H,4-5,8,10,13H2,1-3H3. The van der Waals surface area contributed by atoms with Gasteiger partial charge in [0.1, 0.15) is 0 Å². The minimum Gasteiger partial charge on any atom is -0.493 e. The van der Waals surface area contributed by atoms with Gasteiger partial charge in [0, 0.05) is 19.5 Å². The first-order chi connectivity index (χ1) is 10.6. The highest BCUT2D eigenvalue weighted by Gasteiger charge is 2.11. The molecule has 0 fully saturated rings. The minimum atomic E-state index is -0.0879. The topological polar surface area (TPSA) is 69.3 Å². The van der Waals surface area contributed by atoms with E-state index in [0.29, 0.717) is 19.4 Å². The average Bonchev–Trinajstić information content (AvgIpc) is 2.56. The predicted molar refractivity (Wildman–Crippen MR) is 84.7 cm³/mol. The molecule has 1 aromatic rings. The van der Waals surface area contributed by atoms with E-state index in [2.05, 4.69) is 17.0 Å². The molecule has 0 radical (unpaired) electrons. The molecule has 5 nitrogen and oxygen atoms in total. The predicted octanol–water partition coefficient (Wildman–Crippen LogP) is 2.62. The molecule has 0 heterocycles. The zero-order valence-corrected chi connectivity index (χ0v) is 13.5. The lowest BCUT2D eigenvalue weighted by Gasteiger charge is -2.19. The normalized spacial score (nSPS) is 11.5. The van der Waals surface area contributed by atoms with E-state index in [1.165, 1.54) is 0 Å². The molecule has 0 spiro atoms. The van der Waals surface area contributed by atoms with Crippen molar-refractivity contribution in [3.05, 3.63) is 23.8 Å². The van der Waals surface area contributed by atoms with Gasteiger partial charge in [0.25, 0.3) is 0 Å². The second kappa shape index (κ2) is 9.65. The number of hydrogen-bond acceptors (Lipinski definition) is 5. The Hall–Kier alpha value is -2.24. The van der Waals surface area contributed by atoms with Crippen LogP contribution < -0.4 is 9.47 Å². The van der Waals surface area contributed by atoms with Crippen LogP contribution in [0.3, 0.4) is 0 Å². The van der Waals surface area contributed by atoms with Crippen molar-refractivity contribution in [1.82, 2.24) is 4.90 Å². The fourth-order valence-electron chi connectivity index (χ4n) is 2.26. The SMILES string of the molecule is COc1ccc(CCN(C)CC(C#N)CCC#N)cc1OC. The summed E-state index contributed by atoms with van der Waals surface area (Å²) in [7, 11) is 5.24. The summed E-state index contributed by atoms with van der Waals surface area (Å²) in [5.74, 6) is 1.36. The Labute approximate surface area is 132 Å². The summed E-state index contributed by atoms with van der Waals surface area (Å²) in [6.45, 7) is 1.53. The Morgan fingerprint density at radius 2 is 1.91 bits per heavy atom. The van der Waals surface area contributed by atoms with Crippen molar-refractivity contribution < 1.29 is 9.47 Å². The summed E-state index contributed by atoms with van der Waals surface area (Å²) in [5, 5.41) is 17.7. The van der Waals surface area contributed by atoms with Gasteiger partial charge < -0.3 is 14.4 Å². The second-order valence-corrected chi connectivity index (χ2v) is 5.22. The molecule has 5 heteroatoms. The van der Waals surface area contributed by atoms with Crippen LogP contribution in [0.1, 0.15) is 18.4 Å². The van der Waals surface area contributed by atoms with Crippen molar-refractivity contribution in [2.24, 2.45) is 5.92 Å².